The molecule has 0 aromatic carbocycles. The van der Waals surface area contributed by atoms with E-state index in [1.54, 1.807) is 11.0 Å². The molecule has 2 fully saturated rings. The summed E-state index contributed by atoms with van der Waals surface area (Å²) in [6, 6.07) is -0.166. The van der Waals surface area contributed by atoms with Crippen molar-refractivity contribution in [3.8, 4) is 0 Å². The second kappa shape index (κ2) is 10.1. The first-order chi connectivity index (χ1) is 17.0. The minimum Gasteiger partial charge on any atom is -0.388 e. The zero-order chi connectivity index (χ0) is 24.5. The van der Waals surface area contributed by atoms with E-state index < -0.39 is 12.2 Å². The van der Waals surface area contributed by atoms with Crippen LogP contribution >= 0.6 is 0 Å². The number of nitrogens with one attached hydrogen (secondary N) is 3. The van der Waals surface area contributed by atoms with E-state index in [2.05, 4.69) is 46.8 Å². The molecule has 190 valence electrons. The maximum absolute atomic E-state index is 11.1. The predicted molar refractivity (Wildman–Crippen MR) is 135 cm³/mol. The van der Waals surface area contributed by atoms with Crippen LogP contribution in [0, 0.1) is 0 Å². The molecule has 2 aliphatic rings. The van der Waals surface area contributed by atoms with E-state index in [-0.39, 0.29) is 24.2 Å². The number of hydrogen-bond donors (Lipinski definition) is 5. The lowest BCUT2D eigenvalue weighted by Crippen LogP contribution is -2.30. The minimum atomic E-state index is -0.965. The van der Waals surface area contributed by atoms with Crippen molar-refractivity contribution in [2.75, 3.05) is 23.7 Å². The summed E-state index contributed by atoms with van der Waals surface area (Å²) in [6.07, 6.45) is 7.92. The fourth-order valence-corrected chi connectivity index (χ4v) is 5.24. The molecule has 0 bridgehead atoms. The van der Waals surface area contributed by atoms with Crippen LogP contribution in [0.25, 0.3) is 11.2 Å². The second-order valence-electron chi connectivity index (χ2n) is 9.75. The van der Waals surface area contributed by atoms with Crippen LogP contribution in [0.1, 0.15) is 64.1 Å². The highest BCUT2D eigenvalue weighted by Crippen LogP contribution is 2.40. The maximum atomic E-state index is 11.1. The summed E-state index contributed by atoms with van der Waals surface area (Å²) >= 11 is 0. The zero-order valence-electron chi connectivity index (χ0n) is 20.7. The van der Waals surface area contributed by atoms with Crippen LogP contribution in [-0.2, 0) is 6.42 Å². The number of aromatic nitrogens is 6. The molecule has 11 nitrogen and oxygen atoms in total. The highest BCUT2D eigenvalue weighted by atomic mass is 16.3. The Hall–Kier alpha value is -2.76. The van der Waals surface area contributed by atoms with Gasteiger partial charge < -0.3 is 30.7 Å². The van der Waals surface area contributed by atoms with Crippen molar-refractivity contribution < 1.29 is 10.2 Å². The molecule has 1 saturated heterocycles. The molecule has 0 spiro atoms. The van der Waals surface area contributed by atoms with Gasteiger partial charge in [-0.05, 0) is 44.2 Å². The Labute approximate surface area is 205 Å². The Morgan fingerprint density at radius 2 is 1.94 bits per heavy atom. The largest absolute Gasteiger partial charge is 0.388 e. The molecule has 3 aromatic heterocycles. The van der Waals surface area contributed by atoms with Gasteiger partial charge in [0.05, 0.1) is 24.6 Å². The molecule has 1 aliphatic carbocycles. The van der Waals surface area contributed by atoms with E-state index in [1.807, 2.05) is 17.0 Å². The number of nitrogens with zero attached hydrogens (tertiary/aromatic N) is 6. The number of aliphatic hydroxyl groups excluding tert-OH is 2. The molecule has 0 unspecified atom stereocenters. The van der Waals surface area contributed by atoms with E-state index in [0.717, 1.165) is 44.3 Å². The fourth-order valence-electron chi connectivity index (χ4n) is 5.24. The average molecular weight is 484 g/mol. The molecule has 11 heteroatoms. The molecule has 1 saturated carbocycles. The SMILES string of the molecule is CCc1cnn([C@H]2C[C@@H](n3cnc4c(NC(CC)CC)nc(N[C@@H]5CCNC5)nc43)[C@H](O)[C@@H]2O)c1. The van der Waals surface area contributed by atoms with Crippen molar-refractivity contribution in [3.63, 3.8) is 0 Å². The standard InChI is InChI=1S/C24H37N9O2/c1-4-14-10-27-33(12-14)18-9-17(20(34)21(18)35)32-13-26-19-22(28-15(5-2)6-3)30-24(31-23(19)32)29-16-7-8-25-11-16/h10,12-13,15-18,20-21,25,34-35H,4-9,11H2,1-3H3,(H2,28,29,30,31)/t16-,17-,18+,20+,21-/m1/s1. The lowest BCUT2D eigenvalue weighted by atomic mass is 10.2. The number of hydrogen-bond acceptors (Lipinski definition) is 9. The van der Waals surface area contributed by atoms with Crippen LogP contribution in [0.4, 0.5) is 11.8 Å². The van der Waals surface area contributed by atoms with Gasteiger partial charge in [0.1, 0.15) is 12.2 Å². The first-order valence-corrected chi connectivity index (χ1v) is 12.9. The molecule has 0 amide bonds. The molecular formula is C24H37N9O2. The molecule has 35 heavy (non-hydrogen) atoms. The Morgan fingerprint density at radius 3 is 2.63 bits per heavy atom. The van der Waals surface area contributed by atoms with Gasteiger partial charge in [-0.15, -0.1) is 0 Å². The Balaban J connectivity index is 1.50. The van der Waals surface area contributed by atoms with Crippen molar-refractivity contribution in [3.05, 3.63) is 24.3 Å². The smallest absolute Gasteiger partial charge is 0.227 e. The number of aliphatic hydroxyl groups is 2. The zero-order valence-corrected chi connectivity index (χ0v) is 20.7. The van der Waals surface area contributed by atoms with E-state index >= 15 is 0 Å². The Kier molecular flexibility index (Phi) is 6.90. The van der Waals surface area contributed by atoms with Crippen molar-refractivity contribution in [1.29, 1.82) is 0 Å². The van der Waals surface area contributed by atoms with Gasteiger partial charge in [0.2, 0.25) is 5.95 Å². The summed E-state index contributed by atoms with van der Waals surface area (Å²) in [5.41, 5.74) is 2.42. The third-order valence-corrected chi connectivity index (χ3v) is 7.52. The number of imidazole rings is 1. The monoisotopic (exact) mass is 483 g/mol. The molecule has 5 atom stereocenters. The summed E-state index contributed by atoms with van der Waals surface area (Å²) in [5, 5.41) is 36.8. The quantitative estimate of drug-likeness (QED) is 0.309. The molecule has 3 aromatic rings. The fraction of sp³-hybridized carbons (Fsp3) is 0.667. The normalized spacial score (nSPS) is 26.7. The van der Waals surface area contributed by atoms with Crippen LogP contribution in [-0.4, -0.2) is 76.9 Å². The van der Waals surface area contributed by atoms with Gasteiger partial charge in [-0.1, -0.05) is 20.8 Å². The van der Waals surface area contributed by atoms with Gasteiger partial charge in [0.25, 0.3) is 0 Å². The van der Waals surface area contributed by atoms with Crippen LogP contribution in [0.2, 0.25) is 0 Å². The third kappa shape index (κ3) is 4.60. The van der Waals surface area contributed by atoms with Gasteiger partial charge in [-0.3, -0.25) is 4.68 Å². The first kappa shape index (κ1) is 24.0. The van der Waals surface area contributed by atoms with E-state index in [9.17, 15) is 10.2 Å². The average Bonchev–Trinajstić information content (AvgIpc) is 3.66. The summed E-state index contributed by atoms with van der Waals surface area (Å²) in [7, 11) is 0. The maximum Gasteiger partial charge on any atom is 0.227 e. The van der Waals surface area contributed by atoms with Gasteiger partial charge in [0, 0.05) is 24.8 Å². The summed E-state index contributed by atoms with van der Waals surface area (Å²) in [5.74, 6) is 1.24. The second-order valence-corrected chi connectivity index (χ2v) is 9.75. The number of aryl methyl sites for hydroxylation is 1. The van der Waals surface area contributed by atoms with E-state index in [0.29, 0.717) is 29.4 Å². The van der Waals surface area contributed by atoms with Crippen LogP contribution in [0.3, 0.4) is 0 Å². The predicted octanol–water partition coefficient (Wildman–Crippen LogP) is 1.87. The Bertz CT molecular complexity index is 1140. The number of fused-ring (bicyclic) bond motifs is 1. The molecule has 4 heterocycles. The van der Waals surface area contributed by atoms with Crippen LogP contribution in [0.5, 0.6) is 0 Å². The summed E-state index contributed by atoms with van der Waals surface area (Å²) in [6.45, 7) is 8.21. The summed E-state index contributed by atoms with van der Waals surface area (Å²) in [4.78, 5) is 14.3. The van der Waals surface area contributed by atoms with Crippen molar-refractivity contribution in [1.82, 2.24) is 34.6 Å². The third-order valence-electron chi connectivity index (χ3n) is 7.52. The van der Waals surface area contributed by atoms with Crippen molar-refractivity contribution >= 4 is 22.9 Å². The highest BCUT2D eigenvalue weighted by Gasteiger charge is 2.44. The van der Waals surface area contributed by atoms with Gasteiger partial charge >= 0.3 is 0 Å². The lowest BCUT2D eigenvalue weighted by molar-refractivity contribution is 0.00721. The van der Waals surface area contributed by atoms with Crippen molar-refractivity contribution in [2.24, 2.45) is 0 Å². The molecule has 5 N–H and O–H groups in total. The topological polar surface area (TPSA) is 138 Å². The van der Waals surface area contributed by atoms with Gasteiger partial charge in [-0.2, -0.15) is 15.1 Å². The first-order valence-electron chi connectivity index (χ1n) is 12.9. The van der Waals surface area contributed by atoms with E-state index in [4.69, 9.17) is 9.97 Å². The van der Waals surface area contributed by atoms with Crippen LogP contribution in [0.15, 0.2) is 18.7 Å². The number of anilines is 2. The Morgan fingerprint density at radius 1 is 1.14 bits per heavy atom. The molecular weight excluding hydrogens is 446 g/mol. The minimum absolute atomic E-state index is 0.265. The summed E-state index contributed by atoms with van der Waals surface area (Å²) < 4.78 is 3.67. The molecule has 5 rings (SSSR count). The molecule has 1 aliphatic heterocycles. The molecule has 0 radical (unpaired) electrons. The highest BCUT2D eigenvalue weighted by molar-refractivity contribution is 5.84. The lowest BCUT2D eigenvalue weighted by Gasteiger charge is -2.20. The van der Waals surface area contributed by atoms with Gasteiger partial charge in [0.15, 0.2) is 17.0 Å². The van der Waals surface area contributed by atoms with Crippen molar-refractivity contribution in [2.45, 2.75) is 89.3 Å². The van der Waals surface area contributed by atoms with Gasteiger partial charge in [-0.25, -0.2) is 4.98 Å². The number of rotatable bonds is 9. The van der Waals surface area contributed by atoms with Crippen LogP contribution < -0.4 is 16.0 Å². The van der Waals surface area contributed by atoms with E-state index in [1.165, 1.54) is 0 Å².